The van der Waals surface area contributed by atoms with Crippen LogP contribution < -0.4 is 0 Å². The summed E-state index contributed by atoms with van der Waals surface area (Å²) in [4.78, 5) is 24.2. The van der Waals surface area contributed by atoms with Crippen molar-refractivity contribution in [3.8, 4) is 0 Å². The molecular weight excluding hydrogens is 236 g/mol. The van der Waals surface area contributed by atoms with Crippen LogP contribution in [0, 0.1) is 0 Å². The van der Waals surface area contributed by atoms with Crippen LogP contribution in [-0.4, -0.2) is 11.6 Å². The van der Waals surface area contributed by atoms with Crippen LogP contribution in [0.1, 0.15) is 44.7 Å². The Bertz CT molecular complexity index is 642. The van der Waals surface area contributed by atoms with Crippen LogP contribution in [0.25, 0.3) is 0 Å². The van der Waals surface area contributed by atoms with Gasteiger partial charge in [-0.05, 0) is 24.5 Å². The minimum Gasteiger partial charge on any atom is -0.294 e. The first-order valence-corrected chi connectivity index (χ1v) is 6.51. The molecule has 0 aliphatic heterocycles. The number of hydrogen-bond acceptors (Lipinski definition) is 2. The van der Waals surface area contributed by atoms with Gasteiger partial charge >= 0.3 is 0 Å². The molecule has 0 N–H and O–H groups in total. The second kappa shape index (κ2) is 4.81. The SMILES string of the molecule is O=C(c1ccccc1)c1ccc2c(c1)C(=O)CCC2. The molecule has 2 nitrogen and oxygen atoms in total. The number of carbonyl (C=O) groups is 2. The van der Waals surface area contributed by atoms with Gasteiger partial charge in [-0.25, -0.2) is 0 Å². The third kappa shape index (κ3) is 2.22. The second-order valence-corrected chi connectivity index (χ2v) is 4.84. The summed E-state index contributed by atoms with van der Waals surface area (Å²) in [6.45, 7) is 0. The number of hydrogen-bond donors (Lipinski definition) is 0. The van der Waals surface area contributed by atoms with Crippen LogP contribution in [-0.2, 0) is 6.42 Å². The van der Waals surface area contributed by atoms with E-state index in [1.807, 2.05) is 30.3 Å². The first-order chi connectivity index (χ1) is 9.25. The average Bonchev–Trinajstić information content (AvgIpc) is 2.47. The van der Waals surface area contributed by atoms with Gasteiger partial charge < -0.3 is 0 Å². The smallest absolute Gasteiger partial charge is 0.193 e. The molecule has 1 aliphatic carbocycles. The molecule has 2 heteroatoms. The van der Waals surface area contributed by atoms with Gasteiger partial charge in [-0.1, -0.05) is 42.5 Å². The summed E-state index contributed by atoms with van der Waals surface area (Å²) in [5.41, 5.74) is 3.06. The van der Waals surface area contributed by atoms with Gasteiger partial charge in [-0.2, -0.15) is 0 Å². The van der Waals surface area contributed by atoms with E-state index in [1.54, 1.807) is 18.2 Å². The highest BCUT2D eigenvalue weighted by atomic mass is 16.1. The molecule has 2 aromatic rings. The van der Waals surface area contributed by atoms with Gasteiger partial charge in [0, 0.05) is 23.1 Å². The van der Waals surface area contributed by atoms with Crippen LogP contribution in [0.15, 0.2) is 48.5 Å². The van der Waals surface area contributed by atoms with Crippen molar-refractivity contribution in [1.29, 1.82) is 0 Å². The molecule has 0 amide bonds. The number of carbonyl (C=O) groups excluding carboxylic acids is 2. The van der Waals surface area contributed by atoms with Gasteiger partial charge in [0.1, 0.15) is 0 Å². The van der Waals surface area contributed by atoms with Crippen molar-refractivity contribution in [2.75, 3.05) is 0 Å². The number of Topliss-reactive ketones (excluding diaryl/α,β-unsaturated/α-hetero) is 1. The molecule has 0 saturated carbocycles. The molecule has 0 saturated heterocycles. The summed E-state index contributed by atoms with van der Waals surface area (Å²) >= 11 is 0. The summed E-state index contributed by atoms with van der Waals surface area (Å²) in [7, 11) is 0. The minimum atomic E-state index is -0.0261. The van der Waals surface area contributed by atoms with E-state index in [-0.39, 0.29) is 11.6 Å². The van der Waals surface area contributed by atoms with E-state index in [1.165, 1.54) is 0 Å². The van der Waals surface area contributed by atoms with E-state index in [0.29, 0.717) is 17.5 Å². The molecule has 1 aliphatic rings. The Hall–Kier alpha value is -2.22. The Kier molecular flexibility index (Phi) is 3.00. The Balaban J connectivity index is 2.01. The van der Waals surface area contributed by atoms with Crippen LogP contribution in [0.3, 0.4) is 0 Å². The van der Waals surface area contributed by atoms with Crippen LogP contribution in [0.2, 0.25) is 0 Å². The maximum absolute atomic E-state index is 12.3. The summed E-state index contributed by atoms with van der Waals surface area (Å²) in [5.74, 6) is 0.130. The molecule has 0 radical (unpaired) electrons. The van der Waals surface area contributed by atoms with E-state index in [0.717, 1.165) is 24.0 Å². The molecule has 0 aromatic heterocycles. The topological polar surface area (TPSA) is 34.1 Å². The van der Waals surface area contributed by atoms with E-state index >= 15 is 0 Å². The highest BCUT2D eigenvalue weighted by Gasteiger charge is 2.19. The fourth-order valence-corrected chi connectivity index (χ4v) is 2.53. The maximum atomic E-state index is 12.3. The van der Waals surface area contributed by atoms with Crippen molar-refractivity contribution >= 4 is 11.6 Å². The third-order valence-corrected chi connectivity index (χ3v) is 3.56. The summed E-state index contributed by atoms with van der Waals surface area (Å²) < 4.78 is 0. The first kappa shape index (κ1) is 11.8. The van der Waals surface area contributed by atoms with Crippen LogP contribution in [0.4, 0.5) is 0 Å². The van der Waals surface area contributed by atoms with Gasteiger partial charge in [0.05, 0.1) is 0 Å². The number of ketones is 2. The monoisotopic (exact) mass is 250 g/mol. The van der Waals surface area contributed by atoms with Crippen molar-refractivity contribution in [1.82, 2.24) is 0 Å². The number of rotatable bonds is 2. The van der Waals surface area contributed by atoms with Crippen molar-refractivity contribution in [2.24, 2.45) is 0 Å². The summed E-state index contributed by atoms with van der Waals surface area (Å²) in [6.07, 6.45) is 2.44. The zero-order chi connectivity index (χ0) is 13.2. The summed E-state index contributed by atoms with van der Waals surface area (Å²) in [5, 5.41) is 0. The Morgan fingerprint density at radius 1 is 0.895 bits per heavy atom. The molecule has 0 fully saturated rings. The standard InChI is InChI=1S/C17H14O2/c18-16-8-4-7-12-9-10-14(11-15(12)16)17(19)13-5-2-1-3-6-13/h1-3,5-6,9-11H,4,7-8H2. The highest BCUT2D eigenvalue weighted by molar-refractivity contribution is 6.10. The van der Waals surface area contributed by atoms with Gasteiger partial charge in [0.25, 0.3) is 0 Å². The zero-order valence-electron chi connectivity index (χ0n) is 10.6. The Morgan fingerprint density at radius 3 is 2.47 bits per heavy atom. The van der Waals surface area contributed by atoms with E-state index < -0.39 is 0 Å². The van der Waals surface area contributed by atoms with E-state index in [9.17, 15) is 9.59 Å². The first-order valence-electron chi connectivity index (χ1n) is 6.51. The van der Waals surface area contributed by atoms with Gasteiger partial charge in [0.15, 0.2) is 11.6 Å². The lowest BCUT2D eigenvalue weighted by Gasteiger charge is -2.15. The molecular formula is C17H14O2. The number of aryl methyl sites for hydroxylation is 1. The molecule has 3 rings (SSSR count). The summed E-state index contributed by atoms with van der Waals surface area (Å²) in [6, 6.07) is 14.7. The lowest BCUT2D eigenvalue weighted by molar-refractivity contribution is 0.0972. The molecule has 94 valence electrons. The maximum Gasteiger partial charge on any atom is 0.193 e. The molecule has 2 aromatic carbocycles. The predicted molar refractivity (Wildman–Crippen MR) is 73.6 cm³/mol. The Morgan fingerprint density at radius 2 is 1.68 bits per heavy atom. The van der Waals surface area contributed by atoms with E-state index in [4.69, 9.17) is 0 Å². The van der Waals surface area contributed by atoms with Crippen molar-refractivity contribution in [2.45, 2.75) is 19.3 Å². The quantitative estimate of drug-likeness (QED) is 0.765. The van der Waals surface area contributed by atoms with Gasteiger partial charge in [0.2, 0.25) is 0 Å². The normalized spacial score (nSPS) is 14.0. The van der Waals surface area contributed by atoms with Crippen molar-refractivity contribution in [3.05, 3.63) is 70.8 Å². The van der Waals surface area contributed by atoms with Crippen LogP contribution >= 0.6 is 0 Å². The van der Waals surface area contributed by atoms with E-state index in [2.05, 4.69) is 0 Å². The number of benzene rings is 2. The lowest BCUT2D eigenvalue weighted by Crippen LogP contribution is -2.12. The minimum absolute atomic E-state index is 0.0261. The largest absolute Gasteiger partial charge is 0.294 e. The molecule has 0 atom stereocenters. The molecule has 0 bridgehead atoms. The Labute approximate surface area is 112 Å². The second-order valence-electron chi connectivity index (χ2n) is 4.84. The molecule has 0 heterocycles. The van der Waals surface area contributed by atoms with Crippen molar-refractivity contribution in [3.63, 3.8) is 0 Å². The fraction of sp³-hybridized carbons (Fsp3) is 0.176. The predicted octanol–water partition coefficient (Wildman–Crippen LogP) is 3.44. The third-order valence-electron chi connectivity index (χ3n) is 3.56. The van der Waals surface area contributed by atoms with Crippen molar-refractivity contribution < 1.29 is 9.59 Å². The number of fused-ring (bicyclic) bond motifs is 1. The average molecular weight is 250 g/mol. The fourth-order valence-electron chi connectivity index (χ4n) is 2.53. The highest BCUT2D eigenvalue weighted by Crippen LogP contribution is 2.23. The molecule has 19 heavy (non-hydrogen) atoms. The zero-order valence-corrected chi connectivity index (χ0v) is 10.6. The van der Waals surface area contributed by atoms with Gasteiger partial charge in [-0.3, -0.25) is 9.59 Å². The lowest BCUT2D eigenvalue weighted by atomic mass is 9.88. The van der Waals surface area contributed by atoms with Crippen LogP contribution in [0.5, 0.6) is 0 Å². The molecule has 0 spiro atoms. The van der Waals surface area contributed by atoms with Gasteiger partial charge in [-0.15, -0.1) is 0 Å². The molecule has 0 unspecified atom stereocenters.